The lowest BCUT2D eigenvalue weighted by atomic mass is 10.0. The Morgan fingerprint density at radius 3 is 2.71 bits per heavy atom. The van der Waals surface area contributed by atoms with Gasteiger partial charge in [0.2, 0.25) is 5.91 Å². The molecule has 168 valence electrons. The molecule has 1 aliphatic rings. The van der Waals surface area contributed by atoms with Crippen LogP contribution < -0.4 is 10.6 Å². The summed E-state index contributed by atoms with van der Waals surface area (Å²) >= 11 is 0. The molecule has 1 unspecified atom stereocenters. The molecule has 7 nitrogen and oxygen atoms in total. The predicted molar refractivity (Wildman–Crippen MR) is 122 cm³/mol. The molecule has 1 aromatic heterocycles. The number of imide groups is 1. The first kappa shape index (κ1) is 22.8. The van der Waals surface area contributed by atoms with Crippen molar-refractivity contribution >= 4 is 28.7 Å². The Labute approximate surface area is 183 Å². The molecule has 0 radical (unpaired) electrons. The summed E-state index contributed by atoms with van der Waals surface area (Å²) in [6.45, 7) is 6.72. The van der Waals surface area contributed by atoms with Crippen LogP contribution in [0.4, 0.5) is 4.79 Å². The summed E-state index contributed by atoms with van der Waals surface area (Å²) in [7, 11) is 0. The number of fused-ring (bicyclic) bond motifs is 1. The molecule has 1 aliphatic heterocycles. The molecule has 7 heteroatoms. The molecular formula is C24H34N4O3. The van der Waals surface area contributed by atoms with Crippen molar-refractivity contribution in [3.05, 3.63) is 36.0 Å². The molecule has 1 saturated heterocycles. The summed E-state index contributed by atoms with van der Waals surface area (Å²) in [4.78, 5) is 41.7. The lowest BCUT2D eigenvalue weighted by Crippen LogP contribution is -2.35. The van der Waals surface area contributed by atoms with Crippen LogP contribution in [0.2, 0.25) is 0 Å². The molecule has 2 heterocycles. The number of benzene rings is 1. The van der Waals surface area contributed by atoms with Gasteiger partial charge in [0.15, 0.2) is 0 Å². The summed E-state index contributed by atoms with van der Waals surface area (Å²) in [5.41, 5.74) is 2.11. The molecule has 0 spiro atoms. The van der Waals surface area contributed by atoms with E-state index in [0.29, 0.717) is 25.3 Å². The molecule has 2 atom stereocenters. The van der Waals surface area contributed by atoms with E-state index in [-0.39, 0.29) is 30.3 Å². The van der Waals surface area contributed by atoms with E-state index < -0.39 is 6.04 Å². The third kappa shape index (κ3) is 6.09. The number of nitrogens with one attached hydrogen (secondary N) is 3. The van der Waals surface area contributed by atoms with Crippen LogP contribution in [0.25, 0.3) is 10.9 Å². The van der Waals surface area contributed by atoms with Crippen molar-refractivity contribution in [3.63, 3.8) is 0 Å². The van der Waals surface area contributed by atoms with Crippen LogP contribution in [0.15, 0.2) is 30.5 Å². The lowest BCUT2D eigenvalue weighted by molar-refractivity contribution is -0.127. The van der Waals surface area contributed by atoms with Crippen LogP contribution in [0, 0.1) is 5.92 Å². The number of aromatic amines is 1. The average Bonchev–Trinajstić information content (AvgIpc) is 3.25. The number of rotatable bonds is 11. The monoisotopic (exact) mass is 426 g/mol. The van der Waals surface area contributed by atoms with Gasteiger partial charge >= 0.3 is 6.03 Å². The van der Waals surface area contributed by atoms with Crippen molar-refractivity contribution in [2.45, 2.75) is 71.4 Å². The number of hydrogen-bond donors (Lipinski definition) is 3. The van der Waals surface area contributed by atoms with Gasteiger partial charge in [-0.25, -0.2) is 4.79 Å². The zero-order chi connectivity index (χ0) is 22.4. The molecule has 3 rings (SSSR count). The fraction of sp³-hybridized carbons (Fsp3) is 0.542. The van der Waals surface area contributed by atoms with E-state index in [2.05, 4.69) is 29.5 Å². The number of aromatic nitrogens is 1. The van der Waals surface area contributed by atoms with E-state index in [1.54, 1.807) is 0 Å². The van der Waals surface area contributed by atoms with Gasteiger partial charge in [0.05, 0.1) is 0 Å². The second-order valence-corrected chi connectivity index (χ2v) is 8.93. The van der Waals surface area contributed by atoms with Gasteiger partial charge < -0.3 is 15.6 Å². The minimum absolute atomic E-state index is 0.0728. The van der Waals surface area contributed by atoms with E-state index in [1.807, 2.05) is 37.4 Å². The normalized spacial score (nSPS) is 17.4. The highest BCUT2D eigenvalue weighted by atomic mass is 16.2. The predicted octanol–water partition coefficient (Wildman–Crippen LogP) is 3.74. The Kier molecular flexibility index (Phi) is 7.71. The maximum Gasteiger partial charge on any atom is 0.324 e. The van der Waals surface area contributed by atoms with Gasteiger partial charge in [-0.15, -0.1) is 0 Å². The zero-order valence-electron chi connectivity index (χ0n) is 18.7. The number of carbonyl (C=O) groups is 3. The van der Waals surface area contributed by atoms with E-state index >= 15 is 0 Å². The van der Waals surface area contributed by atoms with E-state index in [4.69, 9.17) is 0 Å². The van der Waals surface area contributed by atoms with Crippen LogP contribution >= 0.6 is 0 Å². The molecule has 2 aromatic rings. The second-order valence-electron chi connectivity index (χ2n) is 8.93. The fourth-order valence-corrected chi connectivity index (χ4v) is 4.08. The van der Waals surface area contributed by atoms with Gasteiger partial charge in [-0.05, 0) is 43.7 Å². The van der Waals surface area contributed by atoms with Crippen molar-refractivity contribution < 1.29 is 14.4 Å². The summed E-state index contributed by atoms with van der Waals surface area (Å²) < 4.78 is 0. The smallest absolute Gasteiger partial charge is 0.324 e. The maximum atomic E-state index is 12.7. The standard InChI is InChI=1S/C24H34N4O3/c1-16(2)7-6-8-17(3)26-22(29)12-11-21-23(30)28(24(31)27-21)14-13-18-15-25-20-10-5-4-9-19(18)20/h4-5,9-10,15-17,21,25H,6-8,11-14H2,1-3H3,(H,26,29)(H,27,31)/t17?,21-/m0/s1. The van der Waals surface area contributed by atoms with Crippen LogP contribution in [-0.4, -0.2) is 46.4 Å². The number of nitrogens with zero attached hydrogens (tertiary/aromatic N) is 1. The third-order valence-corrected chi connectivity index (χ3v) is 5.87. The molecule has 0 saturated carbocycles. The molecule has 1 aromatic carbocycles. The third-order valence-electron chi connectivity index (χ3n) is 5.87. The minimum Gasteiger partial charge on any atom is -0.361 e. The number of amides is 4. The van der Waals surface area contributed by atoms with Crippen molar-refractivity contribution in [1.82, 2.24) is 20.5 Å². The Bertz CT molecular complexity index is 920. The number of para-hydroxylation sites is 1. The second kappa shape index (κ2) is 10.5. The van der Waals surface area contributed by atoms with Gasteiger partial charge in [0.25, 0.3) is 5.91 Å². The van der Waals surface area contributed by atoms with Crippen molar-refractivity contribution in [3.8, 4) is 0 Å². The molecule has 31 heavy (non-hydrogen) atoms. The Morgan fingerprint density at radius 1 is 1.16 bits per heavy atom. The zero-order valence-corrected chi connectivity index (χ0v) is 18.7. The number of urea groups is 1. The average molecular weight is 427 g/mol. The van der Waals surface area contributed by atoms with Gasteiger partial charge in [0.1, 0.15) is 6.04 Å². The molecule has 0 bridgehead atoms. The fourth-order valence-electron chi connectivity index (χ4n) is 4.08. The van der Waals surface area contributed by atoms with Gasteiger partial charge in [-0.1, -0.05) is 44.9 Å². The highest BCUT2D eigenvalue weighted by molar-refractivity contribution is 6.04. The highest BCUT2D eigenvalue weighted by Crippen LogP contribution is 2.19. The summed E-state index contributed by atoms with van der Waals surface area (Å²) in [5, 5.41) is 6.82. The SMILES string of the molecule is CC(C)CCCC(C)NC(=O)CC[C@@H]1NC(=O)N(CCc2c[nH]c3ccccc23)C1=O. The summed E-state index contributed by atoms with van der Waals surface area (Å²) in [6.07, 6.45) is 6.24. The van der Waals surface area contributed by atoms with Crippen molar-refractivity contribution in [2.24, 2.45) is 5.92 Å². The largest absolute Gasteiger partial charge is 0.361 e. The number of H-pyrrole nitrogens is 1. The van der Waals surface area contributed by atoms with Crippen LogP contribution in [0.3, 0.4) is 0 Å². The Balaban J connectivity index is 1.44. The minimum atomic E-state index is -0.627. The lowest BCUT2D eigenvalue weighted by Gasteiger charge is -2.15. The van der Waals surface area contributed by atoms with Crippen molar-refractivity contribution in [1.29, 1.82) is 0 Å². The highest BCUT2D eigenvalue weighted by Gasteiger charge is 2.37. The van der Waals surface area contributed by atoms with Crippen LogP contribution in [-0.2, 0) is 16.0 Å². The maximum absolute atomic E-state index is 12.7. The molecule has 4 amide bonds. The molecular weight excluding hydrogens is 392 g/mol. The number of carbonyl (C=O) groups excluding carboxylic acids is 3. The first-order valence-corrected chi connectivity index (χ1v) is 11.3. The number of hydrogen-bond acceptors (Lipinski definition) is 3. The molecule has 1 fully saturated rings. The van der Waals surface area contributed by atoms with Gasteiger partial charge in [0, 0.05) is 36.1 Å². The topological polar surface area (TPSA) is 94.3 Å². The van der Waals surface area contributed by atoms with Gasteiger partial charge in [-0.2, -0.15) is 0 Å². The van der Waals surface area contributed by atoms with E-state index in [0.717, 1.165) is 35.7 Å². The van der Waals surface area contributed by atoms with Crippen LogP contribution in [0.5, 0.6) is 0 Å². The summed E-state index contributed by atoms with van der Waals surface area (Å²) in [6, 6.07) is 7.08. The Morgan fingerprint density at radius 2 is 1.94 bits per heavy atom. The Hall–Kier alpha value is -2.83. The first-order chi connectivity index (χ1) is 14.8. The first-order valence-electron chi connectivity index (χ1n) is 11.3. The van der Waals surface area contributed by atoms with E-state index in [9.17, 15) is 14.4 Å². The quantitative estimate of drug-likeness (QED) is 0.478. The van der Waals surface area contributed by atoms with Crippen LogP contribution in [0.1, 0.15) is 58.4 Å². The van der Waals surface area contributed by atoms with E-state index in [1.165, 1.54) is 4.90 Å². The van der Waals surface area contributed by atoms with Crippen molar-refractivity contribution in [2.75, 3.05) is 6.54 Å². The molecule has 0 aliphatic carbocycles. The molecule has 3 N–H and O–H groups in total. The van der Waals surface area contributed by atoms with Gasteiger partial charge in [-0.3, -0.25) is 14.5 Å². The summed E-state index contributed by atoms with van der Waals surface area (Å²) in [5.74, 6) is 0.345.